The summed E-state index contributed by atoms with van der Waals surface area (Å²) in [5.41, 5.74) is 0. The number of nitrogens with one attached hydrogen (secondary N) is 1. The fourth-order valence-electron chi connectivity index (χ4n) is 2.21. The standard InChI is InChI=1S/C16H22Cl5N3O2S/c1-9(14(17)18)6-11(15(26)23-8-12-22-4-5-27-12)24(3)13(25)7-10(2)16(19,20)21/h4-5,9-11,14H,6-8H2,1-3H3,(H,23,26)/t9-,10-,11-/m0/s1. The van der Waals surface area contributed by atoms with Crippen molar-refractivity contribution < 1.29 is 9.59 Å². The highest BCUT2D eigenvalue weighted by molar-refractivity contribution is 7.09. The molecule has 0 aliphatic heterocycles. The number of aromatic nitrogens is 1. The summed E-state index contributed by atoms with van der Waals surface area (Å²) >= 11 is 30.8. The molecule has 0 fully saturated rings. The van der Waals surface area contributed by atoms with Gasteiger partial charge in [0.05, 0.1) is 6.54 Å². The number of hydrogen-bond donors (Lipinski definition) is 1. The van der Waals surface area contributed by atoms with Crippen molar-refractivity contribution in [3.63, 3.8) is 0 Å². The first-order valence-corrected chi connectivity index (χ1v) is 11.1. The number of carbonyl (C=O) groups is 2. The Balaban J connectivity index is 2.84. The Morgan fingerprint density at radius 3 is 2.41 bits per heavy atom. The predicted octanol–water partition coefficient (Wildman–Crippen LogP) is 4.81. The van der Waals surface area contributed by atoms with Crippen molar-refractivity contribution in [2.45, 2.75) is 47.9 Å². The van der Waals surface area contributed by atoms with Crippen LogP contribution in [0.15, 0.2) is 11.6 Å². The second-order valence-electron chi connectivity index (χ2n) is 6.36. The first-order chi connectivity index (χ1) is 12.4. The van der Waals surface area contributed by atoms with Crippen molar-refractivity contribution in [2.24, 2.45) is 11.8 Å². The number of likely N-dealkylation sites (N-methyl/N-ethyl adjacent to an activating group) is 1. The summed E-state index contributed by atoms with van der Waals surface area (Å²) < 4.78 is -1.57. The number of amides is 2. The van der Waals surface area contributed by atoms with E-state index in [0.717, 1.165) is 5.01 Å². The number of halogens is 5. The van der Waals surface area contributed by atoms with E-state index >= 15 is 0 Å². The second kappa shape index (κ2) is 11.3. The molecule has 1 aromatic heterocycles. The minimum atomic E-state index is -1.57. The van der Waals surface area contributed by atoms with Crippen LogP contribution in [-0.4, -0.2) is 43.4 Å². The van der Waals surface area contributed by atoms with Crippen LogP contribution in [0.4, 0.5) is 0 Å². The van der Waals surface area contributed by atoms with Gasteiger partial charge in [0.15, 0.2) is 3.79 Å². The lowest BCUT2D eigenvalue weighted by Gasteiger charge is -2.31. The van der Waals surface area contributed by atoms with Crippen molar-refractivity contribution in [1.29, 1.82) is 0 Å². The number of alkyl halides is 5. The smallest absolute Gasteiger partial charge is 0.243 e. The van der Waals surface area contributed by atoms with Crippen LogP contribution in [0.25, 0.3) is 0 Å². The van der Waals surface area contributed by atoms with E-state index < -0.39 is 20.6 Å². The van der Waals surface area contributed by atoms with Gasteiger partial charge in [-0.1, -0.05) is 48.7 Å². The highest BCUT2D eigenvalue weighted by atomic mass is 35.6. The summed E-state index contributed by atoms with van der Waals surface area (Å²) in [7, 11) is 1.55. The molecule has 1 aromatic rings. The van der Waals surface area contributed by atoms with E-state index in [1.54, 1.807) is 20.2 Å². The lowest BCUT2D eigenvalue weighted by Crippen LogP contribution is -2.49. The molecule has 2 amide bonds. The van der Waals surface area contributed by atoms with Gasteiger partial charge in [-0.25, -0.2) is 4.98 Å². The zero-order chi connectivity index (χ0) is 20.8. The molecule has 0 saturated carbocycles. The monoisotopic (exact) mass is 495 g/mol. The third kappa shape index (κ3) is 8.50. The van der Waals surface area contributed by atoms with Crippen LogP contribution >= 0.6 is 69.3 Å². The lowest BCUT2D eigenvalue weighted by molar-refractivity contribution is -0.140. The highest BCUT2D eigenvalue weighted by Gasteiger charge is 2.35. The van der Waals surface area contributed by atoms with Crippen LogP contribution in [0.2, 0.25) is 0 Å². The van der Waals surface area contributed by atoms with Gasteiger partial charge >= 0.3 is 0 Å². The van der Waals surface area contributed by atoms with E-state index in [2.05, 4.69) is 10.3 Å². The van der Waals surface area contributed by atoms with Crippen molar-refractivity contribution in [3.8, 4) is 0 Å². The maximum atomic E-state index is 12.7. The van der Waals surface area contributed by atoms with Crippen LogP contribution in [0, 0.1) is 11.8 Å². The van der Waals surface area contributed by atoms with Crippen molar-refractivity contribution >= 4 is 81.2 Å². The zero-order valence-electron chi connectivity index (χ0n) is 15.1. The van der Waals surface area contributed by atoms with E-state index in [9.17, 15) is 9.59 Å². The molecular weight excluding hydrogens is 476 g/mol. The molecule has 27 heavy (non-hydrogen) atoms. The predicted molar refractivity (Wildman–Crippen MR) is 114 cm³/mol. The summed E-state index contributed by atoms with van der Waals surface area (Å²) in [5, 5.41) is 5.38. The van der Waals surface area contributed by atoms with E-state index in [0.29, 0.717) is 6.42 Å². The maximum absolute atomic E-state index is 12.7. The quantitative estimate of drug-likeness (QED) is 0.498. The van der Waals surface area contributed by atoms with Gasteiger partial charge in [0.1, 0.15) is 15.9 Å². The molecule has 0 unspecified atom stereocenters. The Labute approximate surface area is 188 Å². The van der Waals surface area contributed by atoms with Gasteiger partial charge in [-0.15, -0.1) is 34.5 Å². The molecule has 0 radical (unpaired) electrons. The van der Waals surface area contributed by atoms with E-state index in [1.807, 2.05) is 12.3 Å². The van der Waals surface area contributed by atoms with Gasteiger partial charge < -0.3 is 10.2 Å². The molecule has 154 valence electrons. The topological polar surface area (TPSA) is 62.3 Å². The summed E-state index contributed by atoms with van der Waals surface area (Å²) in [6.07, 6.45) is 1.94. The molecule has 1 N–H and O–H groups in total. The average Bonchev–Trinajstić information content (AvgIpc) is 3.09. The molecule has 0 bridgehead atoms. The Morgan fingerprint density at radius 1 is 1.30 bits per heavy atom. The third-order valence-corrected chi connectivity index (χ3v) is 6.88. The molecule has 0 spiro atoms. The van der Waals surface area contributed by atoms with Crippen LogP contribution < -0.4 is 5.32 Å². The van der Waals surface area contributed by atoms with E-state index in [4.69, 9.17) is 58.0 Å². The van der Waals surface area contributed by atoms with Gasteiger partial charge in [0.2, 0.25) is 11.8 Å². The van der Waals surface area contributed by atoms with Crippen LogP contribution in [0.5, 0.6) is 0 Å². The second-order valence-corrected chi connectivity index (χ2v) is 10.9. The normalized spacial score (nSPS) is 15.3. The number of nitrogens with zero attached hydrogens (tertiary/aromatic N) is 2. The highest BCUT2D eigenvalue weighted by Crippen LogP contribution is 2.37. The SMILES string of the molecule is C[C@@H](C[C@@H](C(=O)NCc1nccs1)N(C)C(=O)C[C@H](C)C(Cl)(Cl)Cl)C(Cl)Cl. The van der Waals surface area contributed by atoms with Gasteiger partial charge in [0.25, 0.3) is 0 Å². The summed E-state index contributed by atoms with van der Waals surface area (Å²) in [6.45, 7) is 3.75. The maximum Gasteiger partial charge on any atom is 0.243 e. The minimum Gasteiger partial charge on any atom is -0.348 e. The minimum absolute atomic E-state index is 0.0111. The van der Waals surface area contributed by atoms with Gasteiger partial charge in [-0.05, 0) is 12.3 Å². The Hall–Kier alpha value is 0.0200. The lowest BCUT2D eigenvalue weighted by atomic mass is 10.00. The van der Waals surface area contributed by atoms with Crippen molar-refractivity contribution in [3.05, 3.63) is 16.6 Å². The molecular formula is C16H22Cl5N3O2S. The average molecular weight is 498 g/mol. The van der Waals surface area contributed by atoms with E-state index in [-0.39, 0.29) is 30.7 Å². The van der Waals surface area contributed by atoms with Crippen LogP contribution in [0.1, 0.15) is 31.7 Å². The number of hydrogen-bond acceptors (Lipinski definition) is 4. The van der Waals surface area contributed by atoms with Crippen molar-refractivity contribution in [2.75, 3.05) is 7.05 Å². The molecule has 0 aromatic carbocycles. The molecule has 5 nitrogen and oxygen atoms in total. The summed E-state index contributed by atoms with van der Waals surface area (Å²) in [4.78, 5) is 30.2. The number of thiazole rings is 1. The van der Waals surface area contributed by atoms with Crippen LogP contribution in [-0.2, 0) is 16.1 Å². The Morgan fingerprint density at radius 2 is 1.93 bits per heavy atom. The fourth-order valence-corrected chi connectivity index (χ4v) is 3.21. The molecule has 1 heterocycles. The number of rotatable bonds is 9. The number of carbonyl (C=O) groups excluding carboxylic acids is 2. The Bertz CT molecular complexity index is 610. The van der Waals surface area contributed by atoms with Gasteiger partial charge in [0, 0.05) is 31.0 Å². The summed E-state index contributed by atoms with van der Waals surface area (Å²) in [5.74, 6) is -1.34. The van der Waals surface area contributed by atoms with Crippen LogP contribution in [0.3, 0.4) is 0 Å². The first-order valence-electron chi connectivity index (χ1n) is 8.20. The largest absolute Gasteiger partial charge is 0.348 e. The summed E-state index contributed by atoms with van der Waals surface area (Å²) in [6, 6.07) is -0.755. The third-order valence-electron chi connectivity index (χ3n) is 4.13. The Kier molecular flexibility index (Phi) is 10.5. The van der Waals surface area contributed by atoms with E-state index in [1.165, 1.54) is 16.2 Å². The van der Waals surface area contributed by atoms with Gasteiger partial charge in [-0.2, -0.15) is 0 Å². The zero-order valence-corrected chi connectivity index (χ0v) is 19.7. The first kappa shape index (κ1) is 25.1. The van der Waals surface area contributed by atoms with Crippen molar-refractivity contribution in [1.82, 2.24) is 15.2 Å². The van der Waals surface area contributed by atoms with Gasteiger partial charge in [-0.3, -0.25) is 9.59 Å². The molecule has 0 aliphatic rings. The molecule has 0 aliphatic carbocycles. The molecule has 11 heteroatoms. The molecule has 0 saturated heterocycles. The fraction of sp³-hybridized carbons (Fsp3) is 0.688. The molecule has 1 rings (SSSR count). The molecule has 3 atom stereocenters.